The maximum atomic E-state index is 5.46. The van der Waals surface area contributed by atoms with Crippen LogP contribution in [0, 0.1) is 0 Å². The van der Waals surface area contributed by atoms with E-state index in [1.54, 1.807) is 6.08 Å². The van der Waals surface area contributed by atoms with Crippen LogP contribution in [0.2, 0.25) is 0 Å². The van der Waals surface area contributed by atoms with Gasteiger partial charge in [0.2, 0.25) is 0 Å². The first-order valence-electron chi connectivity index (χ1n) is 4.25. The maximum absolute atomic E-state index is 5.46. The van der Waals surface area contributed by atoms with E-state index < -0.39 is 0 Å². The van der Waals surface area contributed by atoms with Crippen molar-refractivity contribution in [3.63, 3.8) is 0 Å². The van der Waals surface area contributed by atoms with Crippen LogP contribution in [0.5, 0.6) is 0 Å². The van der Waals surface area contributed by atoms with Gasteiger partial charge in [0, 0.05) is 6.61 Å². The van der Waals surface area contributed by atoms with Crippen molar-refractivity contribution >= 4 is 22.6 Å². The molecule has 0 heterocycles. The molecule has 0 spiro atoms. The van der Waals surface area contributed by atoms with Gasteiger partial charge in [-0.15, -0.1) is 6.58 Å². The number of hydrogen-bond donors (Lipinski definition) is 0. The zero-order valence-electron chi connectivity index (χ0n) is 7.59. The molecule has 0 amide bonds. The Kier molecular flexibility index (Phi) is 9.79. The number of unbranched alkanes of at least 4 members (excludes halogenated alkanes) is 1. The van der Waals surface area contributed by atoms with Crippen LogP contribution in [0.3, 0.4) is 0 Å². The van der Waals surface area contributed by atoms with E-state index in [1.165, 1.54) is 0 Å². The fraction of sp³-hybridized carbons (Fsp3) is 0.778. The molecule has 0 aliphatic rings. The summed E-state index contributed by atoms with van der Waals surface area (Å²) in [6.45, 7) is 7.09. The van der Waals surface area contributed by atoms with E-state index in [0.717, 1.165) is 23.9 Å². The molecule has 0 aromatic rings. The molecule has 0 saturated carbocycles. The smallest absolute Gasteiger partial charge is 0.166 e. The Hall–Kier alpha value is 0.390. The molecule has 0 aliphatic carbocycles. The summed E-state index contributed by atoms with van der Waals surface area (Å²) in [5, 5.41) is 0. The van der Waals surface area contributed by atoms with Crippen molar-refractivity contribution in [2.24, 2.45) is 0 Å². The second-order valence-corrected chi connectivity index (χ2v) is 3.31. The number of halogens is 1. The molecular formula is C9H17IO2. The molecule has 1 atom stereocenters. The predicted molar refractivity (Wildman–Crippen MR) is 59.7 cm³/mol. The van der Waals surface area contributed by atoms with Crippen molar-refractivity contribution < 1.29 is 9.47 Å². The van der Waals surface area contributed by atoms with E-state index in [2.05, 4.69) is 36.1 Å². The molecule has 0 rings (SSSR count). The summed E-state index contributed by atoms with van der Waals surface area (Å²) in [6.07, 6.45) is 3.94. The number of hydrogen-bond acceptors (Lipinski definition) is 2. The van der Waals surface area contributed by atoms with E-state index >= 15 is 0 Å². The molecule has 0 aliphatic heterocycles. The minimum atomic E-state index is -0.0600. The normalized spacial score (nSPS) is 12.8. The summed E-state index contributed by atoms with van der Waals surface area (Å²) < 4.78 is 11.7. The first-order valence-corrected chi connectivity index (χ1v) is 5.77. The molecule has 0 aromatic heterocycles. The van der Waals surface area contributed by atoms with Gasteiger partial charge >= 0.3 is 0 Å². The molecule has 0 aromatic carbocycles. The van der Waals surface area contributed by atoms with Crippen molar-refractivity contribution in [3.8, 4) is 0 Å². The number of alkyl halides is 1. The van der Waals surface area contributed by atoms with E-state index in [4.69, 9.17) is 9.47 Å². The molecule has 12 heavy (non-hydrogen) atoms. The van der Waals surface area contributed by atoms with Crippen LogP contribution in [0.15, 0.2) is 12.7 Å². The van der Waals surface area contributed by atoms with Gasteiger partial charge in [0.15, 0.2) is 6.29 Å². The summed E-state index contributed by atoms with van der Waals surface area (Å²) in [7, 11) is 0. The Bertz CT molecular complexity index is 107. The van der Waals surface area contributed by atoms with Crippen molar-refractivity contribution in [3.05, 3.63) is 12.7 Å². The van der Waals surface area contributed by atoms with Crippen LogP contribution >= 0.6 is 22.6 Å². The largest absolute Gasteiger partial charge is 0.352 e. The lowest BCUT2D eigenvalue weighted by molar-refractivity contribution is -0.117. The quantitative estimate of drug-likeness (QED) is 0.224. The average molecular weight is 284 g/mol. The van der Waals surface area contributed by atoms with Crippen LogP contribution < -0.4 is 0 Å². The standard InChI is InChI=1S/C9H17IO2/c1-3-5-7-12-9(8-10)11-6-4-2/h4,9H,2-3,5-8H2,1H3/t9-/m1/s1. The van der Waals surface area contributed by atoms with Crippen LogP contribution in [0.25, 0.3) is 0 Å². The van der Waals surface area contributed by atoms with Crippen LogP contribution in [0.1, 0.15) is 19.8 Å². The SMILES string of the molecule is C=CCO[C@@H](CI)OCCCC. The summed E-state index contributed by atoms with van der Waals surface area (Å²) in [4.78, 5) is 0. The number of rotatable bonds is 8. The van der Waals surface area contributed by atoms with Gasteiger partial charge < -0.3 is 9.47 Å². The van der Waals surface area contributed by atoms with Crippen molar-refractivity contribution in [1.82, 2.24) is 0 Å². The third-order valence-corrected chi connectivity index (χ3v) is 2.05. The molecule has 0 radical (unpaired) electrons. The molecule has 72 valence electrons. The zero-order valence-corrected chi connectivity index (χ0v) is 9.75. The first kappa shape index (κ1) is 12.4. The zero-order chi connectivity index (χ0) is 9.23. The van der Waals surface area contributed by atoms with Crippen molar-refractivity contribution in [2.45, 2.75) is 26.1 Å². The number of ether oxygens (including phenoxy) is 2. The Morgan fingerprint density at radius 3 is 2.75 bits per heavy atom. The van der Waals surface area contributed by atoms with Crippen molar-refractivity contribution in [2.75, 3.05) is 17.6 Å². The third-order valence-electron chi connectivity index (χ3n) is 1.33. The molecular weight excluding hydrogens is 267 g/mol. The highest BCUT2D eigenvalue weighted by molar-refractivity contribution is 14.1. The van der Waals surface area contributed by atoms with Gasteiger partial charge in [-0.2, -0.15) is 0 Å². The third kappa shape index (κ3) is 7.06. The highest BCUT2D eigenvalue weighted by Gasteiger charge is 2.04. The van der Waals surface area contributed by atoms with E-state index in [9.17, 15) is 0 Å². The molecule has 2 nitrogen and oxygen atoms in total. The molecule has 3 heteroatoms. The Morgan fingerprint density at radius 1 is 1.50 bits per heavy atom. The van der Waals surface area contributed by atoms with Crippen molar-refractivity contribution in [1.29, 1.82) is 0 Å². The highest BCUT2D eigenvalue weighted by atomic mass is 127. The van der Waals surface area contributed by atoms with Gasteiger partial charge in [0.05, 0.1) is 11.0 Å². The van der Waals surface area contributed by atoms with Gasteiger partial charge in [0.1, 0.15) is 0 Å². The Labute approximate surface area is 88.5 Å². The fourth-order valence-corrected chi connectivity index (χ4v) is 1.18. The summed E-state index contributed by atoms with van der Waals surface area (Å²) in [6, 6.07) is 0. The topological polar surface area (TPSA) is 18.5 Å². The van der Waals surface area contributed by atoms with Crippen LogP contribution in [-0.4, -0.2) is 23.9 Å². The first-order chi connectivity index (χ1) is 5.85. The summed E-state index contributed by atoms with van der Waals surface area (Å²) in [5.74, 6) is 0. The van der Waals surface area contributed by atoms with Gasteiger partial charge in [-0.05, 0) is 6.42 Å². The average Bonchev–Trinajstić information content (AvgIpc) is 2.11. The molecule has 0 saturated heterocycles. The second kappa shape index (κ2) is 9.48. The lowest BCUT2D eigenvalue weighted by Gasteiger charge is -2.14. The van der Waals surface area contributed by atoms with Gasteiger partial charge in [-0.25, -0.2) is 0 Å². The van der Waals surface area contributed by atoms with Gasteiger partial charge in [-0.1, -0.05) is 42.0 Å². The molecule has 0 unspecified atom stereocenters. The van der Waals surface area contributed by atoms with E-state index in [-0.39, 0.29) is 6.29 Å². The minimum Gasteiger partial charge on any atom is -0.352 e. The van der Waals surface area contributed by atoms with Crippen LogP contribution in [-0.2, 0) is 9.47 Å². The molecule has 0 bridgehead atoms. The lowest BCUT2D eigenvalue weighted by Crippen LogP contribution is -2.19. The van der Waals surface area contributed by atoms with E-state index in [0.29, 0.717) is 6.61 Å². The Balaban J connectivity index is 3.32. The maximum Gasteiger partial charge on any atom is 0.166 e. The van der Waals surface area contributed by atoms with Gasteiger partial charge in [-0.3, -0.25) is 0 Å². The minimum absolute atomic E-state index is 0.0600. The second-order valence-electron chi connectivity index (χ2n) is 2.43. The monoisotopic (exact) mass is 284 g/mol. The highest BCUT2D eigenvalue weighted by Crippen LogP contribution is 2.01. The Morgan fingerprint density at radius 2 is 2.25 bits per heavy atom. The fourth-order valence-electron chi connectivity index (χ4n) is 0.672. The van der Waals surface area contributed by atoms with Crippen LogP contribution in [0.4, 0.5) is 0 Å². The van der Waals surface area contributed by atoms with Gasteiger partial charge in [0.25, 0.3) is 0 Å². The summed E-state index contributed by atoms with van der Waals surface area (Å²) in [5.41, 5.74) is 0. The lowest BCUT2D eigenvalue weighted by atomic mass is 10.4. The summed E-state index contributed by atoms with van der Waals surface area (Å²) >= 11 is 2.26. The molecule has 0 N–H and O–H groups in total. The van der Waals surface area contributed by atoms with E-state index in [1.807, 2.05) is 0 Å². The predicted octanol–water partition coefficient (Wildman–Crippen LogP) is 2.77. The molecule has 0 fully saturated rings.